The maximum atomic E-state index is 11.6. The molecule has 0 fully saturated rings. The molecular weight excluding hydrogens is 208 g/mol. The van der Waals surface area contributed by atoms with Crippen LogP contribution >= 0.6 is 0 Å². The molecule has 0 saturated carbocycles. The number of rotatable bonds is 6. The van der Waals surface area contributed by atoms with E-state index in [1.54, 1.807) is 18.2 Å². The highest BCUT2D eigenvalue weighted by Crippen LogP contribution is 2.14. The molecule has 0 aliphatic carbocycles. The minimum absolute atomic E-state index is 0.110. The van der Waals surface area contributed by atoms with Crippen LogP contribution < -0.4 is 10.1 Å². The number of nitrogens with one attached hydrogen (secondary N) is 1. The number of pyridine rings is 1. The van der Waals surface area contributed by atoms with E-state index in [9.17, 15) is 4.79 Å². The predicted molar refractivity (Wildman–Crippen MR) is 59.3 cm³/mol. The molecule has 16 heavy (non-hydrogen) atoms. The van der Waals surface area contributed by atoms with Crippen molar-refractivity contribution in [3.8, 4) is 5.75 Å². The van der Waals surface area contributed by atoms with Gasteiger partial charge in [0.1, 0.15) is 6.61 Å². The number of hydrogen-bond donors (Lipinski definition) is 2. The van der Waals surface area contributed by atoms with Gasteiger partial charge >= 0.3 is 0 Å². The van der Waals surface area contributed by atoms with Gasteiger partial charge in [-0.3, -0.25) is 4.79 Å². The summed E-state index contributed by atoms with van der Waals surface area (Å²) < 4.78 is 5.28. The fraction of sp³-hybridized carbons (Fsp3) is 0.273. The fourth-order valence-electron chi connectivity index (χ4n) is 1.08. The molecule has 5 heteroatoms. The molecule has 0 radical (unpaired) electrons. The molecular formula is C11H14N2O3. The van der Waals surface area contributed by atoms with Gasteiger partial charge in [-0.2, -0.15) is 0 Å². The lowest BCUT2D eigenvalue weighted by Crippen LogP contribution is -2.27. The van der Waals surface area contributed by atoms with Gasteiger partial charge in [0.2, 0.25) is 0 Å². The maximum absolute atomic E-state index is 11.6. The van der Waals surface area contributed by atoms with Gasteiger partial charge in [-0.1, -0.05) is 12.7 Å². The van der Waals surface area contributed by atoms with Crippen LogP contribution in [0.3, 0.4) is 0 Å². The molecule has 1 amide bonds. The van der Waals surface area contributed by atoms with E-state index >= 15 is 0 Å². The molecule has 1 rings (SSSR count). The van der Waals surface area contributed by atoms with E-state index in [4.69, 9.17) is 9.84 Å². The van der Waals surface area contributed by atoms with Crippen molar-refractivity contribution in [1.82, 2.24) is 10.3 Å². The van der Waals surface area contributed by atoms with Crippen LogP contribution in [-0.2, 0) is 0 Å². The second-order valence-corrected chi connectivity index (χ2v) is 2.93. The Bertz CT molecular complexity index is 366. The van der Waals surface area contributed by atoms with E-state index < -0.39 is 0 Å². The molecule has 1 aromatic rings. The first-order valence-corrected chi connectivity index (χ1v) is 4.87. The third kappa shape index (κ3) is 3.36. The standard InChI is InChI=1S/C11H14N2O3/c1-2-8-16-9-4-3-5-12-10(9)11(15)13-6-7-14/h2-5,14H,1,6-8H2,(H,13,15). The van der Waals surface area contributed by atoms with Crippen LogP contribution in [0.1, 0.15) is 10.5 Å². The number of ether oxygens (including phenoxy) is 1. The van der Waals surface area contributed by atoms with Gasteiger partial charge in [-0.25, -0.2) is 4.98 Å². The molecule has 0 aliphatic heterocycles. The summed E-state index contributed by atoms with van der Waals surface area (Å²) in [7, 11) is 0. The van der Waals surface area contributed by atoms with E-state index in [1.165, 1.54) is 6.20 Å². The largest absolute Gasteiger partial charge is 0.487 e. The van der Waals surface area contributed by atoms with Crippen molar-refractivity contribution in [2.75, 3.05) is 19.8 Å². The lowest BCUT2D eigenvalue weighted by Gasteiger charge is -2.08. The van der Waals surface area contributed by atoms with Crippen LogP contribution in [0.2, 0.25) is 0 Å². The number of carbonyl (C=O) groups excluding carboxylic acids is 1. The first-order chi connectivity index (χ1) is 7.79. The highest BCUT2D eigenvalue weighted by molar-refractivity contribution is 5.94. The van der Waals surface area contributed by atoms with Gasteiger partial charge in [-0.15, -0.1) is 0 Å². The van der Waals surface area contributed by atoms with E-state index in [0.717, 1.165) is 0 Å². The summed E-state index contributed by atoms with van der Waals surface area (Å²) in [5.74, 6) is 0.0338. The lowest BCUT2D eigenvalue weighted by molar-refractivity contribution is 0.0936. The summed E-state index contributed by atoms with van der Waals surface area (Å²) in [5.41, 5.74) is 0.206. The summed E-state index contributed by atoms with van der Waals surface area (Å²) in [6.45, 7) is 3.91. The average Bonchev–Trinajstić information content (AvgIpc) is 2.33. The summed E-state index contributed by atoms with van der Waals surface area (Å²) in [4.78, 5) is 15.5. The van der Waals surface area contributed by atoms with Gasteiger partial charge < -0.3 is 15.2 Å². The molecule has 0 spiro atoms. The van der Waals surface area contributed by atoms with Crippen LogP contribution in [-0.4, -0.2) is 35.8 Å². The van der Waals surface area contributed by atoms with Gasteiger partial charge in [0.05, 0.1) is 6.61 Å². The van der Waals surface area contributed by atoms with Crippen LogP contribution in [0, 0.1) is 0 Å². The maximum Gasteiger partial charge on any atom is 0.273 e. The predicted octanol–water partition coefficient (Wildman–Crippen LogP) is 0.369. The Morgan fingerprint density at radius 2 is 2.50 bits per heavy atom. The topological polar surface area (TPSA) is 71.5 Å². The second-order valence-electron chi connectivity index (χ2n) is 2.93. The zero-order valence-corrected chi connectivity index (χ0v) is 8.85. The summed E-state index contributed by atoms with van der Waals surface area (Å²) in [6.07, 6.45) is 3.09. The number of aliphatic hydroxyl groups excluding tert-OH is 1. The van der Waals surface area contributed by atoms with Crippen molar-refractivity contribution in [2.45, 2.75) is 0 Å². The highest BCUT2D eigenvalue weighted by Gasteiger charge is 2.12. The van der Waals surface area contributed by atoms with Gasteiger partial charge in [0, 0.05) is 12.7 Å². The van der Waals surface area contributed by atoms with Crippen molar-refractivity contribution in [3.05, 3.63) is 36.7 Å². The normalized spacial score (nSPS) is 9.56. The summed E-state index contributed by atoms with van der Waals surface area (Å²) >= 11 is 0. The van der Waals surface area contributed by atoms with Gasteiger partial charge in [0.15, 0.2) is 11.4 Å². The Morgan fingerprint density at radius 3 is 3.19 bits per heavy atom. The molecule has 86 valence electrons. The van der Waals surface area contributed by atoms with Crippen molar-refractivity contribution in [1.29, 1.82) is 0 Å². The zero-order valence-electron chi connectivity index (χ0n) is 8.85. The fourth-order valence-corrected chi connectivity index (χ4v) is 1.08. The summed E-state index contributed by atoms with van der Waals surface area (Å²) in [6, 6.07) is 3.34. The number of hydrogen-bond acceptors (Lipinski definition) is 4. The van der Waals surface area contributed by atoms with E-state index in [2.05, 4.69) is 16.9 Å². The molecule has 0 bridgehead atoms. The average molecular weight is 222 g/mol. The Morgan fingerprint density at radius 1 is 1.69 bits per heavy atom. The van der Waals surface area contributed by atoms with Crippen LogP contribution in [0.4, 0.5) is 0 Å². The molecule has 0 saturated heterocycles. The number of amides is 1. The summed E-state index contributed by atoms with van der Waals surface area (Å²) in [5, 5.41) is 11.1. The quantitative estimate of drug-likeness (QED) is 0.682. The second kappa shape index (κ2) is 6.58. The van der Waals surface area contributed by atoms with Crippen LogP contribution in [0.15, 0.2) is 31.0 Å². The molecule has 5 nitrogen and oxygen atoms in total. The minimum atomic E-state index is -0.367. The molecule has 2 N–H and O–H groups in total. The Labute approximate surface area is 93.8 Å². The first-order valence-electron chi connectivity index (χ1n) is 4.87. The number of nitrogens with zero attached hydrogens (tertiary/aromatic N) is 1. The Kier molecular flexibility index (Phi) is 5.01. The molecule has 0 unspecified atom stereocenters. The zero-order chi connectivity index (χ0) is 11.8. The van der Waals surface area contributed by atoms with Gasteiger partial charge in [-0.05, 0) is 12.1 Å². The number of aromatic nitrogens is 1. The van der Waals surface area contributed by atoms with E-state index in [1.807, 2.05) is 0 Å². The van der Waals surface area contributed by atoms with Crippen molar-refractivity contribution in [3.63, 3.8) is 0 Å². The van der Waals surface area contributed by atoms with Gasteiger partial charge in [0.25, 0.3) is 5.91 Å². The molecule has 0 aromatic carbocycles. The molecule has 0 aliphatic rings. The minimum Gasteiger partial charge on any atom is -0.487 e. The van der Waals surface area contributed by atoms with Crippen LogP contribution in [0.5, 0.6) is 5.75 Å². The molecule has 1 aromatic heterocycles. The molecule has 1 heterocycles. The lowest BCUT2D eigenvalue weighted by atomic mass is 10.3. The first kappa shape index (κ1) is 12.2. The van der Waals surface area contributed by atoms with Crippen molar-refractivity contribution in [2.24, 2.45) is 0 Å². The Balaban J connectivity index is 2.76. The third-order valence-corrected chi connectivity index (χ3v) is 1.74. The monoisotopic (exact) mass is 222 g/mol. The van der Waals surface area contributed by atoms with Crippen molar-refractivity contribution < 1.29 is 14.6 Å². The van der Waals surface area contributed by atoms with E-state index in [-0.39, 0.29) is 24.8 Å². The highest BCUT2D eigenvalue weighted by atomic mass is 16.5. The molecule has 0 atom stereocenters. The van der Waals surface area contributed by atoms with Crippen molar-refractivity contribution >= 4 is 5.91 Å². The SMILES string of the molecule is C=CCOc1cccnc1C(=O)NCCO. The number of carbonyl (C=O) groups is 1. The third-order valence-electron chi connectivity index (χ3n) is 1.74. The Hall–Kier alpha value is -1.88. The number of aliphatic hydroxyl groups is 1. The smallest absolute Gasteiger partial charge is 0.273 e. The van der Waals surface area contributed by atoms with Crippen LogP contribution in [0.25, 0.3) is 0 Å². The van der Waals surface area contributed by atoms with E-state index in [0.29, 0.717) is 12.4 Å².